The molecule has 0 saturated heterocycles. The number of rotatable bonds is 6. The molecule has 0 spiro atoms. The Bertz CT molecular complexity index is 1490. The summed E-state index contributed by atoms with van der Waals surface area (Å²) in [7, 11) is -2.59. The molecule has 7 nitrogen and oxygen atoms in total. The van der Waals surface area contributed by atoms with E-state index in [0.29, 0.717) is 16.9 Å². The molecule has 0 radical (unpaired) electrons. The molecule has 0 aliphatic rings. The number of carbonyl (C=O) groups excluding carboxylic acids is 1. The Balaban J connectivity index is 1.64. The first-order valence-corrected chi connectivity index (χ1v) is 12.1. The number of nitrogens with zero attached hydrogens (tertiary/aromatic N) is 1. The number of sulfonamides is 1. The lowest BCUT2D eigenvalue weighted by Crippen LogP contribution is -2.17. The van der Waals surface area contributed by atoms with Crippen LogP contribution in [0.3, 0.4) is 0 Å². The van der Waals surface area contributed by atoms with Gasteiger partial charge in [-0.3, -0.25) is 14.5 Å². The van der Waals surface area contributed by atoms with Gasteiger partial charge >= 0.3 is 0 Å². The Hall–Kier alpha value is -3.91. The lowest BCUT2D eigenvalue weighted by Gasteiger charge is -2.16. The molecule has 0 saturated carbocycles. The number of nitrogens with one attached hydrogen (secondary N) is 2. The number of ether oxygens (including phenoxy) is 1. The van der Waals surface area contributed by atoms with Gasteiger partial charge in [0.2, 0.25) is 0 Å². The van der Waals surface area contributed by atoms with Gasteiger partial charge in [0.1, 0.15) is 10.6 Å². The van der Waals surface area contributed by atoms with E-state index in [4.69, 9.17) is 4.74 Å². The topological polar surface area (TPSA) is 97.4 Å². The number of hydrogen-bond donors (Lipinski definition) is 2. The highest BCUT2D eigenvalue weighted by Gasteiger charge is 2.22. The van der Waals surface area contributed by atoms with Crippen molar-refractivity contribution in [1.29, 1.82) is 0 Å². The minimum Gasteiger partial charge on any atom is -0.495 e. The second-order valence-corrected chi connectivity index (χ2v) is 9.70. The van der Waals surface area contributed by atoms with Crippen LogP contribution in [0.1, 0.15) is 27.2 Å². The summed E-state index contributed by atoms with van der Waals surface area (Å²) in [6, 6.07) is 19.0. The molecular formula is C26H25N3O4S. The van der Waals surface area contributed by atoms with Crippen LogP contribution in [-0.4, -0.2) is 26.4 Å². The monoisotopic (exact) mass is 475 g/mol. The summed E-state index contributed by atoms with van der Waals surface area (Å²) in [4.78, 5) is 17.3. The zero-order valence-corrected chi connectivity index (χ0v) is 20.2. The van der Waals surface area contributed by atoms with Crippen LogP contribution in [0, 0.1) is 20.8 Å². The molecule has 2 N–H and O–H groups in total. The number of hydrogen-bond acceptors (Lipinski definition) is 5. The number of para-hydroxylation sites is 1. The standard InChI is InChI=1S/C26H25N3O4S/c1-16-6-5-7-17(2)25(16)29-34(31,32)24-15-21(11-13-23(24)33-4)28-26(30)20-10-12-22-19(14-20)9-8-18(3)27-22/h5-15,29H,1-4H3,(H,28,30). The van der Waals surface area contributed by atoms with Gasteiger partial charge in [-0.15, -0.1) is 0 Å². The van der Waals surface area contributed by atoms with Gasteiger partial charge in [-0.05, 0) is 74.4 Å². The van der Waals surface area contributed by atoms with Crippen molar-refractivity contribution in [2.24, 2.45) is 0 Å². The van der Waals surface area contributed by atoms with Crippen molar-refractivity contribution < 1.29 is 17.9 Å². The average Bonchev–Trinajstić information content (AvgIpc) is 2.81. The van der Waals surface area contributed by atoms with Gasteiger partial charge in [-0.25, -0.2) is 8.42 Å². The Morgan fingerprint density at radius 1 is 0.912 bits per heavy atom. The average molecular weight is 476 g/mol. The van der Waals surface area contributed by atoms with Crippen molar-refractivity contribution in [2.75, 3.05) is 17.1 Å². The number of amides is 1. The molecule has 4 aromatic rings. The predicted octanol–water partition coefficient (Wildman–Crippen LogP) is 5.22. The van der Waals surface area contributed by atoms with Gasteiger partial charge in [0, 0.05) is 22.3 Å². The summed E-state index contributed by atoms with van der Waals surface area (Å²) >= 11 is 0. The molecule has 0 aliphatic carbocycles. The third kappa shape index (κ3) is 4.72. The number of fused-ring (bicyclic) bond motifs is 1. The van der Waals surface area contributed by atoms with E-state index in [1.54, 1.807) is 24.3 Å². The highest BCUT2D eigenvalue weighted by molar-refractivity contribution is 7.92. The maximum atomic E-state index is 13.3. The molecule has 34 heavy (non-hydrogen) atoms. The SMILES string of the molecule is COc1ccc(NC(=O)c2ccc3nc(C)ccc3c2)cc1S(=O)(=O)Nc1c(C)cccc1C. The summed E-state index contributed by atoms with van der Waals surface area (Å²) in [5, 5.41) is 3.62. The van der Waals surface area contributed by atoms with E-state index in [0.717, 1.165) is 27.7 Å². The number of aryl methyl sites for hydroxylation is 3. The third-order valence-electron chi connectivity index (χ3n) is 5.52. The van der Waals surface area contributed by atoms with Gasteiger partial charge in [0.25, 0.3) is 15.9 Å². The van der Waals surface area contributed by atoms with Crippen molar-refractivity contribution in [3.8, 4) is 5.75 Å². The van der Waals surface area contributed by atoms with E-state index < -0.39 is 10.0 Å². The van der Waals surface area contributed by atoms with Crippen molar-refractivity contribution in [1.82, 2.24) is 4.98 Å². The third-order valence-corrected chi connectivity index (χ3v) is 6.89. The van der Waals surface area contributed by atoms with E-state index in [9.17, 15) is 13.2 Å². The number of pyridine rings is 1. The molecule has 0 fully saturated rings. The summed E-state index contributed by atoms with van der Waals surface area (Å²) in [6.07, 6.45) is 0. The minimum atomic E-state index is -3.99. The molecule has 8 heteroatoms. The second kappa shape index (κ2) is 9.15. The fourth-order valence-corrected chi connectivity index (χ4v) is 5.10. The predicted molar refractivity (Wildman–Crippen MR) is 134 cm³/mol. The van der Waals surface area contributed by atoms with Crippen LogP contribution in [0.5, 0.6) is 5.75 Å². The number of carbonyl (C=O) groups is 1. The van der Waals surface area contributed by atoms with Crippen molar-refractivity contribution >= 4 is 38.2 Å². The summed E-state index contributed by atoms with van der Waals surface area (Å²) in [5.74, 6) is -0.192. The molecule has 0 unspecified atom stereocenters. The van der Waals surface area contributed by atoms with Crippen molar-refractivity contribution in [3.63, 3.8) is 0 Å². The van der Waals surface area contributed by atoms with Crippen LogP contribution in [0.25, 0.3) is 10.9 Å². The molecular weight excluding hydrogens is 450 g/mol. The molecule has 174 valence electrons. The minimum absolute atomic E-state index is 0.0753. The van der Waals surface area contributed by atoms with Crippen LogP contribution in [0.2, 0.25) is 0 Å². The van der Waals surface area contributed by atoms with E-state index in [-0.39, 0.29) is 16.6 Å². The van der Waals surface area contributed by atoms with Crippen molar-refractivity contribution in [2.45, 2.75) is 25.7 Å². The first kappa shape index (κ1) is 23.3. The van der Waals surface area contributed by atoms with Crippen LogP contribution >= 0.6 is 0 Å². The maximum Gasteiger partial charge on any atom is 0.265 e. The van der Waals surface area contributed by atoms with Gasteiger partial charge < -0.3 is 10.1 Å². The van der Waals surface area contributed by atoms with Crippen LogP contribution in [-0.2, 0) is 10.0 Å². The molecule has 0 atom stereocenters. The molecule has 1 amide bonds. The number of anilines is 2. The zero-order valence-electron chi connectivity index (χ0n) is 19.3. The fraction of sp³-hybridized carbons (Fsp3) is 0.154. The lowest BCUT2D eigenvalue weighted by molar-refractivity contribution is 0.102. The number of methoxy groups -OCH3 is 1. The van der Waals surface area contributed by atoms with E-state index in [2.05, 4.69) is 15.0 Å². The molecule has 0 bridgehead atoms. The van der Waals surface area contributed by atoms with Gasteiger partial charge in [0.05, 0.1) is 18.3 Å². The lowest BCUT2D eigenvalue weighted by atomic mass is 10.1. The molecule has 1 heterocycles. The number of benzene rings is 3. The Kier molecular flexibility index (Phi) is 6.26. The normalized spacial score (nSPS) is 11.3. The molecule has 4 rings (SSSR count). The van der Waals surface area contributed by atoms with E-state index >= 15 is 0 Å². The molecule has 0 aliphatic heterocycles. The van der Waals surface area contributed by atoms with Crippen molar-refractivity contribution in [3.05, 3.63) is 89.1 Å². The first-order valence-electron chi connectivity index (χ1n) is 10.6. The highest BCUT2D eigenvalue weighted by atomic mass is 32.2. The Labute approximate surface area is 198 Å². The molecule has 3 aromatic carbocycles. The van der Waals surface area contributed by atoms with Crippen LogP contribution < -0.4 is 14.8 Å². The second-order valence-electron chi connectivity index (χ2n) is 8.05. The summed E-state index contributed by atoms with van der Waals surface area (Å²) in [5.41, 5.74) is 4.57. The highest BCUT2D eigenvalue weighted by Crippen LogP contribution is 2.31. The Morgan fingerprint density at radius 3 is 2.35 bits per heavy atom. The maximum absolute atomic E-state index is 13.3. The Morgan fingerprint density at radius 2 is 1.65 bits per heavy atom. The summed E-state index contributed by atoms with van der Waals surface area (Å²) in [6.45, 7) is 5.57. The zero-order chi connectivity index (χ0) is 24.5. The first-order chi connectivity index (χ1) is 16.2. The van der Waals surface area contributed by atoms with Gasteiger partial charge in [0.15, 0.2) is 0 Å². The van der Waals surface area contributed by atoms with E-state index in [1.165, 1.54) is 19.2 Å². The molecule has 1 aromatic heterocycles. The quantitative estimate of drug-likeness (QED) is 0.398. The number of aromatic nitrogens is 1. The van der Waals surface area contributed by atoms with Crippen LogP contribution in [0.4, 0.5) is 11.4 Å². The van der Waals surface area contributed by atoms with Gasteiger partial charge in [-0.2, -0.15) is 0 Å². The summed E-state index contributed by atoms with van der Waals surface area (Å²) < 4.78 is 34.5. The largest absolute Gasteiger partial charge is 0.495 e. The van der Waals surface area contributed by atoms with Crippen LogP contribution in [0.15, 0.2) is 71.6 Å². The van der Waals surface area contributed by atoms with E-state index in [1.807, 2.05) is 51.1 Å². The van der Waals surface area contributed by atoms with Gasteiger partial charge in [-0.1, -0.05) is 24.3 Å². The fourth-order valence-electron chi connectivity index (χ4n) is 3.70. The smallest absolute Gasteiger partial charge is 0.265 e.